The largest absolute Gasteiger partial charge is 0.458 e. The zero-order valence-electron chi connectivity index (χ0n) is 17.0. The van der Waals surface area contributed by atoms with Crippen molar-refractivity contribution < 1.29 is 14.3 Å². The molecule has 150 valence electrons. The molecule has 0 unspecified atom stereocenters. The number of ether oxygens (including phenoxy) is 2. The molecule has 0 saturated carbocycles. The van der Waals surface area contributed by atoms with E-state index in [1.54, 1.807) is 25.7 Å². The average molecular weight is 399 g/mol. The summed E-state index contributed by atoms with van der Waals surface area (Å²) in [4.78, 5) is 24.4. The first kappa shape index (κ1) is 19.6. The summed E-state index contributed by atoms with van der Waals surface area (Å²) < 4.78 is 10.8. The Balaban J connectivity index is 1.87. The van der Waals surface area contributed by atoms with Gasteiger partial charge < -0.3 is 14.5 Å². The molecule has 30 heavy (non-hydrogen) atoms. The molecular formula is C24H21N3O3. The monoisotopic (exact) mass is 399 g/mol. The molecule has 6 nitrogen and oxygen atoms in total. The number of esters is 1. The van der Waals surface area contributed by atoms with Gasteiger partial charge in [-0.3, -0.25) is 4.98 Å². The molecule has 0 radical (unpaired) electrons. The minimum Gasteiger partial charge on any atom is -0.458 e. The van der Waals surface area contributed by atoms with Gasteiger partial charge in [-0.2, -0.15) is 0 Å². The molecule has 4 aromatic rings. The van der Waals surface area contributed by atoms with Gasteiger partial charge in [0.15, 0.2) is 5.69 Å². The maximum atomic E-state index is 12.6. The third-order valence-electron chi connectivity index (χ3n) is 4.58. The molecule has 1 N–H and O–H groups in total. The van der Waals surface area contributed by atoms with E-state index in [0.717, 1.165) is 32.9 Å². The molecule has 0 saturated heterocycles. The Morgan fingerprint density at radius 1 is 1.13 bits per heavy atom. The minimum atomic E-state index is -0.458. The Hall–Kier alpha value is -3.69. The number of rotatable bonds is 4. The summed E-state index contributed by atoms with van der Waals surface area (Å²) in [5.74, 6) is 5.85. The van der Waals surface area contributed by atoms with E-state index in [9.17, 15) is 4.79 Å². The van der Waals surface area contributed by atoms with Gasteiger partial charge in [0, 0.05) is 52.5 Å². The molecule has 6 heteroatoms. The number of nitrogens with zero attached hydrogens (tertiary/aromatic N) is 2. The smallest absolute Gasteiger partial charge is 0.357 e. The quantitative estimate of drug-likeness (QED) is 0.411. The second-order valence-electron chi connectivity index (χ2n) is 7.14. The van der Waals surface area contributed by atoms with Gasteiger partial charge in [-0.1, -0.05) is 11.8 Å². The van der Waals surface area contributed by atoms with Gasteiger partial charge in [-0.05, 0) is 44.2 Å². The van der Waals surface area contributed by atoms with Crippen LogP contribution in [0.25, 0.3) is 21.8 Å². The predicted octanol–water partition coefficient (Wildman–Crippen LogP) is 4.22. The summed E-state index contributed by atoms with van der Waals surface area (Å²) in [6, 6.07) is 9.71. The van der Waals surface area contributed by atoms with Crippen LogP contribution in [-0.4, -0.2) is 34.1 Å². The molecular weight excluding hydrogens is 378 g/mol. The zero-order chi connectivity index (χ0) is 21.1. The van der Waals surface area contributed by atoms with Crippen molar-refractivity contribution in [3.63, 3.8) is 0 Å². The third kappa shape index (κ3) is 3.88. The van der Waals surface area contributed by atoms with Crippen LogP contribution in [0, 0.1) is 11.8 Å². The summed E-state index contributed by atoms with van der Waals surface area (Å²) in [6.07, 6.45) is 4.87. The van der Waals surface area contributed by atoms with Gasteiger partial charge in [-0.15, -0.1) is 0 Å². The number of nitrogens with one attached hydrogen (secondary N) is 1. The molecule has 0 bridgehead atoms. The van der Waals surface area contributed by atoms with Gasteiger partial charge >= 0.3 is 5.97 Å². The standard InChI is InChI=1S/C24H21N3O3/c1-15(2)30-24(28)23-19(14-29-3)22-18-11-16(6-7-17-5-4-10-25-12-17)8-9-20(18)27-21(22)13-26-23/h4-5,8-13,15,27H,14H2,1-3H3. The maximum absolute atomic E-state index is 12.6. The highest BCUT2D eigenvalue weighted by molar-refractivity contribution is 6.11. The van der Waals surface area contributed by atoms with Crippen molar-refractivity contribution in [1.29, 1.82) is 0 Å². The maximum Gasteiger partial charge on any atom is 0.357 e. The van der Waals surface area contributed by atoms with Gasteiger partial charge in [0.05, 0.1) is 24.4 Å². The number of hydrogen-bond donors (Lipinski definition) is 1. The number of aromatic amines is 1. The number of fused-ring (bicyclic) bond motifs is 3. The van der Waals surface area contributed by atoms with Crippen LogP contribution in [0.4, 0.5) is 0 Å². The highest BCUT2D eigenvalue weighted by Gasteiger charge is 2.21. The molecule has 0 atom stereocenters. The number of carbonyl (C=O) groups is 1. The van der Waals surface area contributed by atoms with E-state index >= 15 is 0 Å². The Bertz CT molecular complexity index is 1280. The van der Waals surface area contributed by atoms with Crippen LogP contribution in [0.1, 0.15) is 41.0 Å². The van der Waals surface area contributed by atoms with E-state index in [0.29, 0.717) is 5.56 Å². The number of H-pyrrole nitrogens is 1. The Labute approximate surface area is 174 Å². The second-order valence-corrected chi connectivity index (χ2v) is 7.14. The fourth-order valence-corrected chi connectivity index (χ4v) is 3.35. The van der Waals surface area contributed by atoms with Crippen molar-refractivity contribution in [2.24, 2.45) is 0 Å². The van der Waals surface area contributed by atoms with Crippen LogP contribution in [0.5, 0.6) is 0 Å². The van der Waals surface area contributed by atoms with E-state index in [4.69, 9.17) is 9.47 Å². The highest BCUT2D eigenvalue weighted by Crippen LogP contribution is 2.31. The van der Waals surface area contributed by atoms with Crippen LogP contribution < -0.4 is 0 Å². The lowest BCUT2D eigenvalue weighted by molar-refractivity contribution is 0.0366. The minimum absolute atomic E-state index is 0.234. The number of aromatic nitrogens is 3. The first-order chi connectivity index (χ1) is 14.6. The number of carbonyl (C=O) groups excluding carboxylic acids is 1. The average Bonchev–Trinajstić information content (AvgIpc) is 3.11. The summed E-state index contributed by atoms with van der Waals surface area (Å²) >= 11 is 0. The Morgan fingerprint density at radius 2 is 1.97 bits per heavy atom. The lowest BCUT2D eigenvalue weighted by Crippen LogP contribution is -2.15. The molecule has 3 aromatic heterocycles. The first-order valence-electron chi connectivity index (χ1n) is 9.62. The topological polar surface area (TPSA) is 77.1 Å². The molecule has 0 aliphatic heterocycles. The van der Waals surface area contributed by atoms with E-state index in [1.807, 2.05) is 44.2 Å². The van der Waals surface area contributed by atoms with Crippen LogP contribution in [-0.2, 0) is 16.1 Å². The van der Waals surface area contributed by atoms with Crippen molar-refractivity contribution in [3.05, 3.63) is 71.3 Å². The van der Waals surface area contributed by atoms with E-state index in [-0.39, 0.29) is 18.4 Å². The molecule has 0 spiro atoms. The molecule has 3 heterocycles. The van der Waals surface area contributed by atoms with E-state index in [1.165, 1.54) is 0 Å². The normalized spacial score (nSPS) is 10.9. The molecule has 0 aliphatic carbocycles. The van der Waals surface area contributed by atoms with Crippen molar-refractivity contribution in [3.8, 4) is 11.8 Å². The summed E-state index contributed by atoms with van der Waals surface area (Å²) in [5, 5.41) is 1.85. The summed E-state index contributed by atoms with van der Waals surface area (Å²) in [6.45, 7) is 3.86. The zero-order valence-corrected chi connectivity index (χ0v) is 17.0. The van der Waals surface area contributed by atoms with Gasteiger partial charge in [-0.25, -0.2) is 9.78 Å². The van der Waals surface area contributed by atoms with Crippen LogP contribution in [0.2, 0.25) is 0 Å². The molecule has 4 rings (SSSR count). The van der Waals surface area contributed by atoms with Crippen LogP contribution in [0.3, 0.4) is 0 Å². The van der Waals surface area contributed by atoms with Crippen molar-refractivity contribution in [1.82, 2.24) is 15.0 Å². The molecule has 0 amide bonds. The molecule has 1 aromatic carbocycles. The second kappa shape index (κ2) is 8.36. The van der Waals surface area contributed by atoms with Gasteiger partial charge in [0.1, 0.15) is 0 Å². The highest BCUT2D eigenvalue weighted by atomic mass is 16.5. The van der Waals surface area contributed by atoms with E-state index < -0.39 is 5.97 Å². The van der Waals surface area contributed by atoms with Crippen molar-refractivity contribution in [2.75, 3.05) is 7.11 Å². The Kier molecular flexibility index (Phi) is 5.46. The van der Waals surface area contributed by atoms with E-state index in [2.05, 4.69) is 26.8 Å². The fourth-order valence-electron chi connectivity index (χ4n) is 3.35. The lowest BCUT2D eigenvalue weighted by atomic mass is 10.0. The number of hydrogen-bond acceptors (Lipinski definition) is 5. The summed E-state index contributed by atoms with van der Waals surface area (Å²) in [5.41, 5.74) is 4.44. The molecule has 0 aliphatic rings. The number of pyridine rings is 2. The number of methoxy groups -OCH3 is 1. The van der Waals surface area contributed by atoms with Gasteiger partial charge in [0.2, 0.25) is 0 Å². The van der Waals surface area contributed by atoms with Crippen molar-refractivity contribution in [2.45, 2.75) is 26.6 Å². The third-order valence-corrected chi connectivity index (χ3v) is 4.58. The number of benzene rings is 1. The van der Waals surface area contributed by atoms with Crippen LogP contribution >= 0.6 is 0 Å². The predicted molar refractivity (Wildman–Crippen MR) is 115 cm³/mol. The summed E-state index contributed by atoms with van der Waals surface area (Å²) in [7, 11) is 1.59. The SMILES string of the molecule is COCc1c(C(=O)OC(C)C)ncc2[nH]c3ccc(C#Cc4cccnc4)cc3c12. The Morgan fingerprint density at radius 3 is 2.70 bits per heavy atom. The first-order valence-corrected chi connectivity index (χ1v) is 9.62. The van der Waals surface area contributed by atoms with Crippen molar-refractivity contribution >= 4 is 27.8 Å². The fraction of sp³-hybridized carbons (Fsp3) is 0.208. The van der Waals surface area contributed by atoms with Gasteiger partial charge in [0.25, 0.3) is 0 Å². The lowest BCUT2D eigenvalue weighted by Gasteiger charge is -2.11. The molecule has 0 fully saturated rings. The van der Waals surface area contributed by atoms with Crippen LogP contribution in [0.15, 0.2) is 48.9 Å².